The van der Waals surface area contributed by atoms with Gasteiger partial charge in [-0.15, -0.1) is 10.2 Å². The van der Waals surface area contributed by atoms with Gasteiger partial charge in [-0.25, -0.2) is 4.39 Å². The molecule has 1 unspecified atom stereocenters. The Balaban J connectivity index is 1.65. The first kappa shape index (κ1) is 22.4. The quantitative estimate of drug-likeness (QED) is 0.360. The fraction of sp³-hybridized carbons (Fsp3) is 0.192. The molecule has 1 atom stereocenters. The molecule has 0 aliphatic carbocycles. The largest absolute Gasteiger partial charge is 0.455 e. The van der Waals surface area contributed by atoms with Crippen LogP contribution in [0.3, 0.4) is 0 Å². The summed E-state index contributed by atoms with van der Waals surface area (Å²) in [6, 6.07) is 11.9. The molecule has 0 amide bonds. The van der Waals surface area contributed by atoms with Gasteiger partial charge in [0, 0.05) is 22.9 Å². The minimum absolute atomic E-state index is 0.116. The lowest BCUT2D eigenvalue weighted by molar-refractivity contribution is 0.602. The van der Waals surface area contributed by atoms with Crippen LogP contribution in [-0.2, 0) is 0 Å². The molecule has 35 heavy (non-hydrogen) atoms. The van der Waals surface area contributed by atoms with E-state index >= 15 is 0 Å². The number of anilines is 1. The van der Waals surface area contributed by atoms with Gasteiger partial charge in [0.25, 0.3) is 0 Å². The van der Waals surface area contributed by atoms with Crippen molar-refractivity contribution in [1.29, 1.82) is 0 Å². The highest BCUT2D eigenvalue weighted by atomic mass is 19.1. The van der Waals surface area contributed by atoms with Crippen molar-refractivity contribution in [3.63, 3.8) is 0 Å². The Labute approximate surface area is 200 Å². The zero-order chi connectivity index (χ0) is 24.7. The monoisotopic (exact) mass is 470 g/mol. The van der Waals surface area contributed by atoms with E-state index in [0.29, 0.717) is 50.6 Å². The summed E-state index contributed by atoms with van der Waals surface area (Å²) < 4.78 is 20.3. The molecule has 0 radical (unpaired) electrons. The lowest BCUT2D eigenvalue weighted by atomic mass is 9.98. The molecular formula is C26H23FN6O2. The summed E-state index contributed by atoms with van der Waals surface area (Å²) in [7, 11) is 0. The third kappa shape index (κ3) is 4.05. The second-order valence-electron chi connectivity index (χ2n) is 8.58. The first-order valence-corrected chi connectivity index (χ1v) is 11.1. The van der Waals surface area contributed by atoms with Crippen molar-refractivity contribution >= 4 is 16.7 Å². The number of halogens is 1. The van der Waals surface area contributed by atoms with Gasteiger partial charge in [0.1, 0.15) is 22.9 Å². The Hall–Kier alpha value is -4.40. The molecule has 3 heterocycles. The van der Waals surface area contributed by atoms with E-state index in [9.17, 15) is 9.18 Å². The first-order valence-electron chi connectivity index (χ1n) is 11.1. The Kier molecular flexibility index (Phi) is 5.60. The van der Waals surface area contributed by atoms with E-state index in [-0.39, 0.29) is 17.3 Å². The van der Waals surface area contributed by atoms with Crippen molar-refractivity contribution in [2.45, 2.75) is 33.7 Å². The number of hydrogen-bond acceptors (Lipinski definition) is 7. The predicted molar refractivity (Wildman–Crippen MR) is 132 cm³/mol. The average molecular weight is 471 g/mol. The summed E-state index contributed by atoms with van der Waals surface area (Å²) in [6.07, 6.45) is 1.66. The van der Waals surface area contributed by atoms with Crippen LogP contribution in [0, 0.1) is 26.6 Å². The van der Waals surface area contributed by atoms with Crippen molar-refractivity contribution < 1.29 is 8.81 Å². The highest BCUT2D eigenvalue weighted by molar-refractivity contribution is 5.85. The van der Waals surface area contributed by atoms with E-state index in [1.807, 2.05) is 38.1 Å². The molecule has 0 saturated carbocycles. The van der Waals surface area contributed by atoms with Gasteiger partial charge in [0.15, 0.2) is 5.43 Å². The summed E-state index contributed by atoms with van der Waals surface area (Å²) in [4.78, 5) is 17.8. The number of aromatic nitrogens is 5. The Morgan fingerprint density at radius 1 is 1.11 bits per heavy atom. The Morgan fingerprint density at radius 2 is 1.94 bits per heavy atom. The molecule has 0 aliphatic heterocycles. The van der Waals surface area contributed by atoms with Gasteiger partial charge in [0.2, 0.25) is 5.82 Å². The Morgan fingerprint density at radius 3 is 2.69 bits per heavy atom. The summed E-state index contributed by atoms with van der Waals surface area (Å²) in [5, 5.41) is 18.1. The second kappa shape index (κ2) is 8.75. The normalized spacial score (nSPS) is 12.1. The van der Waals surface area contributed by atoms with Crippen LogP contribution >= 0.6 is 0 Å². The van der Waals surface area contributed by atoms with Crippen molar-refractivity contribution in [2.24, 2.45) is 0 Å². The maximum Gasteiger partial charge on any atom is 0.225 e. The van der Waals surface area contributed by atoms with Crippen LogP contribution in [0.15, 0.2) is 57.9 Å². The standard InChI is InChI=1S/C26H23FN6O2/c1-13-10-18(16(4)29-21-6-5-9-28-22(21)26-30-32-33-31-26)25-19(11-13)23(34)15(3)24(35-25)17-7-8-20(27)14(2)12-17/h5-12,16,29H,1-4H3,(H,30,31,32,33). The van der Waals surface area contributed by atoms with Crippen LogP contribution in [0.25, 0.3) is 33.8 Å². The number of aromatic amines is 1. The van der Waals surface area contributed by atoms with Crippen LogP contribution in [0.5, 0.6) is 0 Å². The number of aryl methyl sites for hydroxylation is 2. The van der Waals surface area contributed by atoms with Gasteiger partial charge in [-0.2, -0.15) is 5.21 Å². The van der Waals surface area contributed by atoms with E-state index in [2.05, 4.69) is 30.9 Å². The van der Waals surface area contributed by atoms with E-state index in [0.717, 1.165) is 11.1 Å². The number of pyridine rings is 1. The molecule has 5 rings (SSSR count). The maximum absolute atomic E-state index is 13.9. The van der Waals surface area contributed by atoms with E-state index in [1.54, 1.807) is 32.2 Å². The molecule has 0 fully saturated rings. The van der Waals surface area contributed by atoms with E-state index in [1.165, 1.54) is 6.07 Å². The SMILES string of the molecule is Cc1cc(C(C)Nc2cccnc2-c2nn[nH]n2)c2oc(-c3ccc(F)c(C)c3)c(C)c(=O)c2c1. The molecule has 8 nitrogen and oxygen atoms in total. The summed E-state index contributed by atoms with van der Waals surface area (Å²) >= 11 is 0. The Bertz CT molecular complexity index is 1610. The molecular weight excluding hydrogens is 447 g/mol. The number of benzene rings is 2. The van der Waals surface area contributed by atoms with Gasteiger partial charge in [0.05, 0.1) is 17.1 Å². The van der Waals surface area contributed by atoms with Crippen LogP contribution in [0.1, 0.15) is 35.2 Å². The number of nitrogens with one attached hydrogen (secondary N) is 2. The average Bonchev–Trinajstić information content (AvgIpc) is 3.38. The number of H-pyrrole nitrogens is 1. The summed E-state index contributed by atoms with van der Waals surface area (Å²) in [5.41, 5.74) is 4.97. The lowest BCUT2D eigenvalue weighted by Gasteiger charge is -2.19. The van der Waals surface area contributed by atoms with Crippen LogP contribution < -0.4 is 10.7 Å². The van der Waals surface area contributed by atoms with Crippen molar-refractivity contribution in [1.82, 2.24) is 25.6 Å². The van der Waals surface area contributed by atoms with Crippen LogP contribution in [0.4, 0.5) is 10.1 Å². The third-order valence-electron chi connectivity index (χ3n) is 6.02. The topological polar surface area (TPSA) is 110 Å². The van der Waals surface area contributed by atoms with Gasteiger partial charge in [-0.3, -0.25) is 9.78 Å². The van der Waals surface area contributed by atoms with Gasteiger partial charge in [-0.1, -0.05) is 6.07 Å². The molecule has 0 saturated heterocycles. The van der Waals surface area contributed by atoms with Crippen molar-refractivity contribution in [3.8, 4) is 22.8 Å². The summed E-state index contributed by atoms with van der Waals surface area (Å²) in [5.74, 6) is 0.486. The first-order chi connectivity index (χ1) is 16.8. The zero-order valence-corrected chi connectivity index (χ0v) is 19.7. The molecule has 2 aromatic carbocycles. The number of hydrogen-bond donors (Lipinski definition) is 2. The van der Waals surface area contributed by atoms with Crippen molar-refractivity contribution in [3.05, 3.63) is 87.0 Å². The summed E-state index contributed by atoms with van der Waals surface area (Å²) in [6.45, 7) is 7.33. The molecule has 0 spiro atoms. The number of tetrazole rings is 1. The van der Waals surface area contributed by atoms with Crippen molar-refractivity contribution in [2.75, 3.05) is 5.32 Å². The number of rotatable bonds is 5. The lowest BCUT2D eigenvalue weighted by Crippen LogP contribution is -2.13. The van der Waals surface area contributed by atoms with Crippen LogP contribution in [0.2, 0.25) is 0 Å². The molecule has 176 valence electrons. The predicted octanol–water partition coefficient (Wildman–Crippen LogP) is 5.27. The third-order valence-corrected chi connectivity index (χ3v) is 6.02. The zero-order valence-electron chi connectivity index (χ0n) is 19.7. The highest BCUT2D eigenvalue weighted by Crippen LogP contribution is 2.33. The van der Waals surface area contributed by atoms with Gasteiger partial charge >= 0.3 is 0 Å². The molecule has 0 bridgehead atoms. The molecule has 2 N–H and O–H groups in total. The van der Waals surface area contributed by atoms with Crippen LogP contribution in [-0.4, -0.2) is 25.6 Å². The fourth-order valence-electron chi connectivity index (χ4n) is 4.22. The number of fused-ring (bicyclic) bond motifs is 1. The molecule has 0 aliphatic rings. The second-order valence-corrected chi connectivity index (χ2v) is 8.58. The molecule has 9 heteroatoms. The minimum Gasteiger partial charge on any atom is -0.455 e. The van der Waals surface area contributed by atoms with E-state index in [4.69, 9.17) is 4.42 Å². The molecule has 3 aromatic heterocycles. The van der Waals surface area contributed by atoms with E-state index < -0.39 is 0 Å². The van der Waals surface area contributed by atoms with Gasteiger partial charge < -0.3 is 9.73 Å². The number of nitrogens with zero attached hydrogens (tertiary/aromatic N) is 4. The highest BCUT2D eigenvalue weighted by Gasteiger charge is 2.20. The maximum atomic E-state index is 13.9. The smallest absolute Gasteiger partial charge is 0.225 e. The van der Waals surface area contributed by atoms with Gasteiger partial charge in [-0.05, 0) is 80.4 Å². The minimum atomic E-state index is -0.308. The fourth-order valence-corrected chi connectivity index (χ4v) is 4.22. The molecule has 5 aromatic rings.